The molecular formula is C22H25N3O2. The van der Waals surface area contributed by atoms with E-state index < -0.39 is 0 Å². The number of ether oxygens (including phenoxy) is 1. The minimum absolute atomic E-state index is 0.0665. The third-order valence-electron chi connectivity index (χ3n) is 4.76. The minimum atomic E-state index is 0.0665. The molecule has 0 radical (unpaired) electrons. The Morgan fingerprint density at radius 2 is 1.93 bits per heavy atom. The van der Waals surface area contributed by atoms with Gasteiger partial charge in [-0.05, 0) is 49.2 Å². The van der Waals surface area contributed by atoms with Crippen LogP contribution in [0.4, 0.5) is 0 Å². The fourth-order valence-corrected chi connectivity index (χ4v) is 3.34. The summed E-state index contributed by atoms with van der Waals surface area (Å²) in [5.41, 5.74) is 2.56. The maximum atomic E-state index is 12.9. The summed E-state index contributed by atoms with van der Waals surface area (Å²) in [6.45, 7) is 6.65. The largest absolute Gasteiger partial charge is 0.494 e. The zero-order valence-corrected chi connectivity index (χ0v) is 15.7. The van der Waals surface area contributed by atoms with Gasteiger partial charge in [-0.2, -0.15) is 5.26 Å². The van der Waals surface area contributed by atoms with E-state index in [4.69, 9.17) is 10.00 Å². The molecule has 0 spiro atoms. The molecule has 1 heterocycles. The highest BCUT2D eigenvalue weighted by molar-refractivity contribution is 5.94. The van der Waals surface area contributed by atoms with Crippen LogP contribution in [0.15, 0.2) is 48.5 Å². The monoisotopic (exact) mass is 363 g/mol. The van der Waals surface area contributed by atoms with Crippen LogP contribution >= 0.6 is 0 Å². The molecule has 1 fully saturated rings. The van der Waals surface area contributed by atoms with Crippen LogP contribution in [-0.4, -0.2) is 48.5 Å². The fraction of sp³-hybridized carbons (Fsp3) is 0.364. The summed E-state index contributed by atoms with van der Waals surface area (Å²) in [5, 5.41) is 8.90. The number of carbonyl (C=O) groups is 1. The molecule has 2 aromatic rings. The Labute approximate surface area is 160 Å². The summed E-state index contributed by atoms with van der Waals surface area (Å²) in [4.78, 5) is 17.2. The second-order valence-corrected chi connectivity index (χ2v) is 6.69. The van der Waals surface area contributed by atoms with Crippen LogP contribution in [0.2, 0.25) is 0 Å². The van der Waals surface area contributed by atoms with Gasteiger partial charge in [-0.15, -0.1) is 0 Å². The molecule has 2 aromatic carbocycles. The fourth-order valence-electron chi connectivity index (χ4n) is 3.34. The van der Waals surface area contributed by atoms with Crippen molar-refractivity contribution in [3.8, 4) is 11.8 Å². The molecule has 1 aliphatic heterocycles. The second-order valence-electron chi connectivity index (χ2n) is 6.69. The Balaban J connectivity index is 1.59. The highest BCUT2D eigenvalue weighted by Gasteiger charge is 2.20. The van der Waals surface area contributed by atoms with Crippen LogP contribution in [0.3, 0.4) is 0 Å². The van der Waals surface area contributed by atoms with Crippen LogP contribution in [0, 0.1) is 11.3 Å². The first-order chi connectivity index (χ1) is 13.2. The van der Waals surface area contributed by atoms with E-state index in [9.17, 15) is 4.79 Å². The lowest BCUT2D eigenvalue weighted by Gasteiger charge is -2.22. The zero-order chi connectivity index (χ0) is 19.1. The molecule has 0 N–H and O–H groups in total. The molecule has 0 aromatic heterocycles. The van der Waals surface area contributed by atoms with Gasteiger partial charge < -0.3 is 9.64 Å². The average Bonchev–Trinajstić information content (AvgIpc) is 2.94. The summed E-state index contributed by atoms with van der Waals surface area (Å²) in [7, 11) is 0. The predicted molar refractivity (Wildman–Crippen MR) is 105 cm³/mol. The highest BCUT2D eigenvalue weighted by atomic mass is 16.5. The van der Waals surface area contributed by atoms with Crippen molar-refractivity contribution >= 4 is 5.91 Å². The number of hydrogen-bond acceptors (Lipinski definition) is 4. The maximum absolute atomic E-state index is 12.9. The third kappa shape index (κ3) is 5.08. The lowest BCUT2D eigenvalue weighted by Crippen LogP contribution is -2.35. The number of nitrogens with zero attached hydrogens (tertiary/aromatic N) is 3. The summed E-state index contributed by atoms with van der Waals surface area (Å²) in [6, 6.07) is 17.3. The Bertz CT molecular complexity index is 811. The molecular weight excluding hydrogens is 338 g/mol. The smallest absolute Gasteiger partial charge is 0.254 e. The Kier molecular flexibility index (Phi) is 6.45. The van der Waals surface area contributed by atoms with Crippen LogP contribution < -0.4 is 4.74 Å². The number of hydrogen-bond donors (Lipinski definition) is 0. The topological polar surface area (TPSA) is 56.6 Å². The van der Waals surface area contributed by atoms with E-state index in [1.807, 2.05) is 60.4 Å². The average molecular weight is 363 g/mol. The molecule has 1 amide bonds. The van der Waals surface area contributed by atoms with Crippen molar-refractivity contribution in [2.45, 2.75) is 19.9 Å². The predicted octanol–water partition coefficient (Wildman–Crippen LogP) is 3.31. The summed E-state index contributed by atoms with van der Waals surface area (Å²) in [6.07, 6.45) is 0.952. The van der Waals surface area contributed by atoms with E-state index in [0.29, 0.717) is 24.3 Å². The normalized spacial score (nSPS) is 15.0. The number of rotatable bonds is 5. The van der Waals surface area contributed by atoms with E-state index in [1.54, 1.807) is 0 Å². The van der Waals surface area contributed by atoms with Crippen molar-refractivity contribution in [2.24, 2.45) is 0 Å². The first-order valence-corrected chi connectivity index (χ1v) is 9.43. The van der Waals surface area contributed by atoms with Crippen molar-refractivity contribution in [2.75, 3.05) is 32.8 Å². The van der Waals surface area contributed by atoms with Gasteiger partial charge in [0, 0.05) is 38.3 Å². The molecule has 0 saturated carbocycles. The first-order valence-electron chi connectivity index (χ1n) is 9.43. The van der Waals surface area contributed by atoms with Gasteiger partial charge in [0.25, 0.3) is 5.91 Å². The Morgan fingerprint density at radius 3 is 2.67 bits per heavy atom. The number of carbonyl (C=O) groups excluding carboxylic acids is 1. The van der Waals surface area contributed by atoms with Crippen molar-refractivity contribution < 1.29 is 9.53 Å². The van der Waals surface area contributed by atoms with Crippen LogP contribution in [0.25, 0.3) is 0 Å². The van der Waals surface area contributed by atoms with Crippen LogP contribution in [-0.2, 0) is 6.54 Å². The molecule has 140 valence electrons. The first kappa shape index (κ1) is 18.9. The SMILES string of the molecule is CCOc1cccc(C(=O)N2CCCN(Cc3ccc(C#N)cc3)CC2)c1. The zero-order valence-electron chi connectivity index (χ0n) is 15.7. The second kappa shape index (κ2) is 9.20. The van der Waals surface area contributed by atoms with Crippen molar-refractivity contribution in [3.63, 3.8) is 0 Å². The minimum Gasteiger partial charge on any atom is -0.494 e. The van der Waals surface area contributed by atoms with E-state index in [0.717, 1.165) is 38.3 Å². The molecule has 5 nitrogen and oxygen atoms in total. The molecule has 5 heteroatoms. The third-order valence-corrected chi connectivity index (χ3v) is 4.76. The van der Waals surface area contributed by atoms with Gasteiger partial charge in [-0.25, -0.2) is 0 Å². The van der Waals surface area contributed by atoms with Gasteiger partial charge >= 0.3 is 0 Å². The molecule has 1 aliphatic rings. The van der Waals surface area contributed by atoms with E-state index >= 15 is 0 Å². The van der Waals surface area contributed by atoms with Crippen LogP contribution in [0.1, 0.15) is 34.8 Å². The highest BCUT2D eigenvalue weighted by Crippen LogP contribution is 2.17. The molecule has 27 heavy (non-hydrogen) atoms. The van der Waals surface area contributed by atoms with Gasteiger partial charge in [0.2, 0.25) is 0 Å². The van der Waals surface area contributed by atoms with Crippen molar-refractivity contribution in [3.05, 3.63) is 65.2 Å². The lowest BCUT2D eigenvalue weighted by atomic mass is 10.1. The summed E-state index contributed by atoms with van der Waals surface area (Å²) < 4.78 is 5.51. The van der Waals surface area contributed by atoms with Crippen molar-refractivity contribution in [1.29, 1.82) is 5.26 Å². The molecule has 1 saturated heterocycles. The van der Waals surface area contributed by atoms with E-state index in [2.05, 4.69) is 11.0 Å². The number of benzene rings is 2. The molecule has 0 aliphatic carbocycles. The Hall–Kier alpha value is -2.84. The molecule has 0 bridgehead atoms. The van der Waals surface area contributed by atoms with E-state index in [-0.39, 0.29) is 5.91 Å². The lowest BCUT2D eigenvalue weighted by molar-refractivity contribution is 0.0760. The number of amides is 1. The summed E-state index contributed by atoms with van der Waals surface area (Å²) in [5.74, 6) is 0.803. The number of nitriles is 1. The van der Waals surface area contributed by atoms with Gasteiger partial charge in [0.15, 0.2) is 0 Å². The van der Waals surface area contributed by atoms with Gasteiger partial charge in [0.05, 0.1) is 18.2 Å². The molecule has 3 rings (SSSR count). The quantitative estimate of drug-likeness (QED) is 0.818. The standard InChI is InChI=1S/C22H25N3O2/c1-2-27-21-6-3-5-20(15-21)22(26)25-12-4-11-24(13-14-25)17-19-9-7-18(16-23)8-10-19/h3,5-10,15H,2,4,11-14,17H2,1H3. The van der Waals surface area contributed by atoms with Gasteiger partial charge in [0.1, 0.15) is 5.75 Å². The maximum Gasteiger partial charge on any atom is 0.254 e. The Morgan fingerprint density at radius 1 is 1.11 bits per heavy atom. The van der Waals surface area contributed by atoms with E-state index in [1.165, 1.54) is 5.56 Å². The molecule has 0 atom stereocenters. The molecule has 0 unspecified atom stereocenters. The van der Waals surface area contributed by atoms with Crippen molar-refractivity contribution in [1.82, 2.24) is 9.80 Å². The van der Waals surface area contributed by atoms with Gasteiger partial charge in [-0.3, -0.25) is 9.69 Å². The summed E-state index contributed by atoms with van der Waals surface area (Å²) >= 11 is 0. The van der Waals surface area contributed by atoms with Gasteiger partial charge in [-0.1, -0.05) is 18.2 Å². The van der Waals surface area contributed by atoms with Crippen LogP contribution in [0.5, 0.6) is 5.75 Å².